The quantitative estimate of drug-likeness (QED) is 0.466. The van der Waals surface area contributed by atoms with E-state index in [0.717, 1.165) is 18.2 Å². The van der Waals surface area contributed by atoms with E-state index in [2.05, 4.69) is 4.98 Å². The summed E-state index contributed by atoms with van der Waals surface area (Å²) in [5.74, 6) is -0.858. The molecule has 1 aromatic heterocycles. The molecule has 0 unspecified atom stereocenters. The lowest BCUT2D eigenvalue weighted by Gasteiger charge is -2.30. The molecule has 0 radical (unpaired) electrons. The SMILES string of the molecule is CC(C)(C)OC(=O)CC[C@]1(C)COc2c1cc([C@@](O)(CO)C(F)(F)F)nc2-c1ccc(F)cc1. The lowest BCUT2D eigenvalue weighted by Crippen LogP contribution is -2.46. The Morgan fingerprint density at radius 2 is 1.82 bits per heavy atom. The zero-order chi connectivity index (χ0) is 25.5. The molecular formula is C24H27F4NO5. The second kappa shape index (κ2) is 8.81. The Kier molecular flexibility index (Phi) is 6.71. The van der Waals surface area contributed by atoms with Crippen LogP contribution in [0.15, 0.2) is 30.3 Å². The molecule has 0 saturated carbocycles. The summed E-state index contributed by atoms with van der Waals surface area (Å²) in [5, 5.41) is 19.9. The van der Waals surface area contributed by atoms with Crippen LogP contribution in [0, 0.1) is 5.82 Å². The number of hydrogen-bond acceptors (Lipinski definition) is 6. The van der Waals surface area contributed by atoms with Gasteiger partial charge in [0.25, 0.3) is 0 Å². The molecule has 0 saturated heterocycles. The number of carbonyl (C=O) groups excluding carboxylic acids is 1. The number of rotatable bonds is 6. The highest BCUT2D eigenvalue weighted by Gasteiger charge is 2.57. The number of pyridine rings is 1. The van der Waals surface area contributed by atoms with E-state index in [-0.39, 0.29) is 42.0 Å². The number of aliphatic hydroxyl groups is 2. The predicted molar refractivity (Wildman–Crippen MR) is 115 cm³/mol. The number of aliphatic hydroxyl groups excluding tert-OH is 1. The molecule has 2 aromatic rings. The predicted octanol–water partition coefficient (Wildman–Crippen LogP) is 4.40. The van der Waals surface area contributed by atoms with E-state index in [1.807, 2.05) is 0 Å². The van der Waals surface area contributed by atoms with Gasteiger partial charge in [0.05, 0.1) is 18.9 Å². The maximum Gasteiger partial charge on any atom is 0.425 e. The molecule has 10 heteroatoms. The summed E-state index contributed by atoms with van der Waals surface area (Å²) in [5.41, 5.74) is -5.56. The van der Waals surface area contributed by atoms with Gasteiger partial charge in [-0.1, -0.05) is 6.92 Å². The summed E-state index contributed by atoms with van der Waals surface area (Å²) in [7, 11) is 0. The second-order valence-corrected chi connectivity index (χ2v) is 9.69. The van der Waals surface area contributed by atoms with Crippen molar-refractivity contribution >= 4 is 5.97 Å². The lowest BCUT2D eigenvalue weighted by molar-refractivity contribution is -0.279. The van der Waals surface area contributed by atoms with Crippen LogP contribution in [-0.2, 0) is 20.5 Å². The van der Waals surface area contributed by atoms with Crippen molar-refractivity contribution in [2.75, 3.05) is 13.2 Å². The average Bonchev–Trinajstić information content (AvgIpc) is 3.07. The van der Waals surface area contributed by atoms with Crippen LogP contribution in [0.4, 0.5) is 17.6 Å². The third kappa shape index (κ3) is 5.02. The summed E-state index contributed by atoms with van der Waals surface area (Å²) >= 11 is 0. The van der Waals surface area contributed by atoms with E-state index in [1.54, 1.807) is 27.7 Å². The molecule has 34 heavy (non-hydrogen) atoms. The van der Waals surface area contributed by atoms with E-state index in [1.165, 1.54) is 12.1 Å². The van der Waals surface area contributed by atoms with Gasteiger partial charge in [-0.3, -0.25) is 4.79 Å². The van der Waals surface area contributed by atoms with Crippen molar-refractivity contribution in [3.63, 3.8) is 0 Å². The summed E-state index contributed by atoms with van der Waals surface area (Å²) in [4.78, 5) is 16.3. The summed E-state index contributed by atoms with van der Waals surface area (Å²) in [6.45, 7) is 5.27. The molecular weight excluding hydrogens is 458 g/mol. The lowest BCUT2D eigenvalue weighted by atomic mass is 9.79. The van der Waals surface area contributed by atoms with Gasteiger partial charge in [0.1, 0.15) is 22.9 Å². The Bertz CT molecular complexity index is 1060. The van der Waals surface area contributed by atoms with Gasteiger partial charge in [-0.25, -0.2) is 9.37 Å². The molecule has 2 heterocycles. The maximum atomic E-state index is 13.7. The standard InChI is InChI=1S/C24H27F4NO5/c1-21(2,3)34-18(31)9-10-22(4)13-33-20-16(22)11-17(23(32,12-30)24(26,27)28)29-19(20)14-5-7-15(25)8-6-14/h5-8,11,30,32H,9-10,12-13H2,1-4H3/t22-,23+/m1/s1. The Morgan fingerprint density at radius 3 is 2.35 bits per heavy atom. The topological polar surface area (TPSA) is 88.9 Å². The van der Waals surface area contributed by atoms with Crippen LogP contribution < -0.4 is 4.74 Å². The van der Waals surface area contributed by atoms with Gasteiger partial charge in [0.2, 0.25) is 5.60 Å². The van der Waals surface area contributed by atoms with Crippen molar-refractivity contribution < 1.29 is 42.0 Å². The third-order valence-electron chi connectivity index (χ3n) is 5.70. The number of esters is 1. The average molecular weight is 485 g/mol. The molecule has 1 aromatic carbocycles. The number of nitrogens with zero attached hydrogens (tertiary/aromatic N) is 1. The number of alkyl halides is 3. The summed E-state index contributed by atoms with van der Waals surface area (Å²) in [6.07, 6.45) is -5.07. The Balaban J connectivity index is 2.12. The van der Waals surface area contributed by atoms with E-state index in [9.17, 15) is 32.6 Å². The first-order chi connectivity index (χ1) is 15.6. The molecule has 0 bridgehead atoms. The summed E-state index contributed by atoms with van der Waals surface area (Å²) in [6, 6.07) is 5.94. The number of carbonyl (C=O) groups is 1. The van der Waals surface area contributed by atoms with Crippen LogP contribution in [0.25, 0.3) is 11.3 Å². The maximum absolute atomic E-state index is 13.7. The van der Waals surface area contributed by atoms with Gasteiger partial charge in [-0.15, -0.1) is 0 Å². The molecule has 3 rings (SSSR count). The van der Waals surface area contributed by atoms with Crippen molar-refractivity contribution in [1.82, 2.24) is 4.98 Å². The number of hydrogen-bond donors (Lipinski definition) is 2. The number of ether oxygens (including phenoxy) is 2. The van der Waals surface area contributed by atoms with Crippen LogP contribution in [0.5, 0.6) is 5.75 Å². The van der Waals surface area contributed by atoms with Crippen molar-refractivity contribution in [3.05, 3.63) is 47.4 Å². The van der Waals surface area contributed by atoms with Crippen LogP contribution in [0.3, 0.4) is 0 Å². The number of benzene rings is 1. The van der Waals surface area contributed by atoms with Crippen molar-refractivity contribution in [1.29, 1.82) is 0 Å². The monoisotopic (exact) mass is 485 g/mol. The van der Waals surface area contributed by atoms with Crippen molar-refractivity contribution in [2.24, 2.45) is 0 Å². The molecule has 0 aliphatic carbocycles. The normalized spacial score (nSPS) is 19.8. The Morgan fingerprint density at radius 1 is 1.21 bits per heavy atom. The summed E-state index contributed by atoms with van der Waals surface area (Å²) < 4.78 is 65.8. The number of halogens is 4. The first kappa shape index (κ1) is 25.9. The van der Waals surface area contributed by atoms with Gasteiger partial charge in [0.15, 0.2) is 0 Å². The molecule has 6 nitrogen and oxygen atoms in total. The highest BCUT2D eigenvalue weighted by molar-refractivity contribution is 5.72. The minimum absolute atomic E-state index is 0.0242. The second-order valence-electron chi connectivity index (χ2n) is 9.69. The van der Waals surface area contributed by atoms with E-state index >= 15 is 0 Å². The highest BCUT2D eigenvalue weighted by atomic mass is 19.4. The fourth-order valence-electron chi connectivity index (χ4n) is 3.75. The van der Waals surface area contributed by atoms with Gasteiger partial charge in [-0.05, 0) is 57.5 Å². The fraction of sp³-hybridized carbons (Fsp3) is 0.500. The minimum atomic E-state index is -5.23. The smallest absolute Gasteiger partial charge is 0.425 e. The minimum Gasteiger partial charge on any atom is -0.490 e. The first-order valence-electron chi connectivity index (χ1n) is 10.7. The molecule has 1 aliphatic rings. The van der Waals surface area contributed by atoms with Crippen LogP contribution in [0.2, 0.25) is 0 Å². The van der Waals surface area contributed by atoms with E-state index in [0.29, 0.717) is 0 Å². The third-order valence-corrected chi connectivity index (χ3v) is 5.70. The zero-order valence-corrected chi connectivity index (χ0v) is 19.3. The molecule has 0 amide bonds. The molecule has 186 valence electrons. The van der Waals surface area contributed by atoms with Crippen LogP contribution in [-0.4, -0.2) is 46.2 Å². The van der Waals surface area contributed by atoms with E-state index in [4.69, 9.17) is 9.47 Å². The van der Waals surface area contributed by atoms with Gasteiger partial charge in [-0.2, -0.15) is 13.2 Å². The van der Waals surface area contributed by atoms with Gasteiger partial charge >= 0.3 is 12.1 Å². The number of fused-ring (bicyclic) bond motifs is 1. The molecule has 1 aliphatic heterocycles. The van der Waals surface area contributed by atoms with Crippen molar-refractivity contribution in [2.45, 2.75) is 63.3 Å². The van der Waals surface area contributed by atoms with Crippen LogP contribution in [0.1, 0.15) is 51.8 Å². The largest absolute Gasteiger partial charge is 0.490 e. The molecule has 0 spiro atoms. The zero-order valence-electron chi connectivity index (χ0n) is 19.3. The Hall–Kier alpha value is -2.72. The van der Waals surface area contributed by atoms with Crippen molar-refractivity contribution in [3.8, 4) is 17.0 Å². The fourth-order valence-corrected chi connectivity index (χ4v) is 3.75. The highest BCUT2D eigenvalue weighted by Crippen LogP contribution is 2.49. The molecule has 2 atom stereocenters. The number of aromatic nitrogens is 1. The van der Waals surface area contributed by atoms with Crippen LogP contribution >= 0.6 is 0 Å². The first-order valence-corrected chi connectivity index (χ1v) is 10.7. The molecule has 2 N–H and O–H groups in total. The Labute approximate surface area is 194 Å². The van der Waals surface area contributed by atoms with E-state index < -0.39 is 46.9 Å². The van der Waals surface area contributed by atoms with Gasteiger partial charge in [0, 0.05) is 23.0 Å². The molecule has 0 fully saturated rings. The van der Waals surface area contributed by atoms with Gasteiger partial charge < -0.3 is 19.7 Å².